The molecular weight excluding hydrogens is 442 g/mol. The molecule has 1 aliphatic rings. The molecule has 7 heteroatoms. The van der Waals surface area contributed by atoms with Gasteiger partial charge in [-0.2, -0.15) is 0 Å². The zero-order valence-electron chi connectivity index (χ0n) is 20.7. The van der Waals surface area contributed by atoms with Crippen LogP contribution < -0.4 is 11.1 Å². The maximum atomic E-state index is 10.6. The number of morpholine rings is 1. The number of likely N-dealkylation sites (N-methyl/N-ethyl adjacent to an activating group) is 1. The van der Waals surface area contributed by atoms with Gasteiger partial charge in [0, 0.05) is 30.8 Å². The van der Waals surface area contributed by atoms with Gasteiger partial charge in [0.2, 0.25) is 5.91 Å². The molecule has 0 aromatic heterocycles. The van der Waals surface area contributed by atoms with Crippen LogP contribution in [0.2, 0.25) is 0 Å². The van der Waals surface area contributed by atoms with Crippen LogP contribution in [-0.2, 0) is 16.1 Å². The Labute approximate surface area is 208 Å². The maximum absolute atomic E-state index is 10.6. The second-order valence-corrected chi connectivity index (χ2v) is 8.75. The van der Waals surface area contributed by atoms with E-state index >= 15 is 0 Å². The van der Waals surface area contributed by atoms with Crippen molar-refractivity contribution >= 4 is 18.3 Å². The van der Waals surface area contributed by atoms with E-state index in [1.54, 1.807) is 19.2 Å². The molecule has 1 saturated heterocycles. The Morgan fingerprint density at radius 3 is 2.23 bits per heavy atom. The van der Waals surface area contributed by atoms with Gasteiger partial charge in [0.05, 0.1) is 18.8 Å². The smallest absolute Gasteiger partial charge is 0.237 e. The van der Waals surface area contributed by atoms with E-state index in [-0.39, 0.29) is 0 Å². The third-order valence-corrected chi connectivity index (χ3v) is 5.39. The number of nitrogens with two attached hydrogens (primary N) is 1. The Bertz CT molecular complexity index is 1020. The molecule has 1 amide bonds. The van der Waals surface area contributed by atoms with Crippen LogP contribution in [0, 0.1) is 11.8 Å². The van der Waals surface area contributed by atoms with Crippen LogP contribution in [0.25, 0.3) is 6.08 Å². The molecule has 1 aliphatic heterocycles. The van der Waals surface area contributed by atoms with Crippen LogP contribution in [0.5, 0.6) is 0 Å². The summed E-state index contributed by atoms with van der Waals surface area (Å²) in [6.45, 7) is 7.67. The molecule has 0 saturated carbocycles. The van der Waals surface area contributed by atoms with E-state index in [0.717, 1.165) is 50.3 Å². The van der Waals surface area contributed by atoms with E-state index in [9.17, 15) is 14.7 Å². The lowest BCUT2D eigenvalue weighted by Crippen LogP contribution is -2.53. The van der Waals surface area contributed by atoms with Gasteiger partial charge in [-0.3, -0.25) is 14.5 Å². The van der Waals surface area contributed by atoms with Crippen molar-refractivity contribution < 1.29 is 19.4 Å². The monoisotopic (exact) mass is 477 g/mol. The number of amides is 1. The van der Waals surface area contributed by atoms with Crippen molar-refractivity contribution in [1.29, 1.82) is 0 Å². The number of nitrogens with zero attached hydrogens (tertiary/aromatic N) is 1. The molecule has 0 radical (unpaired) electrons. The quantitative estimate of drug-likeness (QED) is 0.417. The summed E-state index contributed by atoms with van der Waals surface area (Å²) in [6.07, 6.45) is 4.61. The number of carbonyl (C=O) groups is 2. The number of primary amides is 1. The van der Waals surface area contributed by atoms with Crippen molar-refractivity contribution in [2.75, 3.05) is 33.4 Å². The zero-order valence-corrected chi connectivity index (χ0v) is 20.7. The summed E-state index contributed by atoms with van der Waals surface area (Å²) in [5.74, 6) is 5.65. The van der Waals surface area contributed by atoms with Gasteiger partial charge in [-0.25, -0.2) is 0 Å². The van der Waals surface area contributed by atoms with Crippen LogP contribution in [0.3, 0.4) is 0 Å². The molecule has 186 valence electrons. The van der Waals surface area contributed by atoms with Gasteiger partial charge in [0.1, 0.15) is 12.3 Å². The molecule has 1 heterocycles. The first kappa shape index (κ1) is 28.0. The highest BCUT2D eigenvalue weighted by atomic mass is 16.5. The molecule has 1 atom stereocenters. The van der Waals surface area contributed by atoms with Gasteiger partial charge in [-0.15, -0.1) is 0 Å². The Hall–Kier alpha value is -3.28. The lowest BCUT2D eigenvalue weighted by Gasteiger charge is -2.26. The Morgan fingerprint density at radius 2 is 1.74 bits per heavy atom. The summed E-state index contributed by atoms with van der Waals surface area (Å²) in [7, 11) is 1.58. The second-order valence-electron chi connectivity index (χ2n) is 8.75. The highest BCUT2D eigenvalue weighted by Crippen LogP contribution is 2.09. The Morgan fingerprint density at radius 1 is 1.14 bits per heavy atom. The molecular formula is C28H35N3O4. The van der Waals surface area contributed by atoms with E-state index in [1.165, 1.54) is 19.4 Å². The summed E-state index contributed by atoms with van der Waals surface area (Å²) in [5, 5.41) is 11.9. The first-order valence-corrected chi connectivity index (χ1v) is 11.5. The van der Waals surface area contributed by atoms with Crippen LogP contribution in [-0.4, -0.2) is 67.2 Å². The van der Waals surface area contributed by atoms with Gasteiger partial charge in [-0.05, 0) is 56.3 Å². The lowest BCUT2D eigenvalue weighted by molar-refractivity contribution is -0.125. The fourth-order valence-electron chi connectivity index (χ4n) is 3.50. The van der Waals surface area contributed by atoms with E-state index in [2.05, 4.69) is 46.3 Å². The first-order valence-electron chi connectivity index (χ1n) is 11.5. The standard InChI is InChI=1S/C22H21NO2.C6H14N2O2/c24-18-22-11-7-20(8-12-22)4-2-1-3-19-5-9-21(10-6-19)17-23-13-15-25-16-14-23;1-6(2,10)4(8-3)5(7)9/h2,4-12,18H,13-17H2;4,8,10H,1-3H3,(H2,7,9)/b4-2+;. The van der Waals surface area contributed by atoms with Crippen molar-refractivity contribution in [2.45, 2.75) is 32.0 Å². The van der Waals surface area contributed by atoms with Crippen LogP contribution >= 0.6 is 0 Å². The third-order valence-electron chi connectivity index (χ3n) is 5.39. The molecule has 7 nitrogen and oxygen atoms in total. The molecule has 0 aliphatic carbocycles. The SMILES string of the molecule is CNC(C(N)=O)C(C)(C)O.O=Cc1ccc(/C=C/C#Cc2ccc(CN3CCOCC3)cc2)cc1. The lowest BCUT2D eigenvalue weighted by atomic mass is 9.99. The number of rotatable bonds is 7. The number of aldehydes is 1. The van der Waals surface area contributed by atoms with Crippen LogP contribution in [0.1, 0.15) is 40.9 Å². The molecule has 35 heavy (non-hydrogen) atoms. The van der Waals surface area contributed by atoms with Crippen LogP contribution in [0.4, 0.5) is 0 Å². The number of benzene rings is 2. The van der Waals surface area contributed by atoms with Crippen molar-refractivity contribution in [3.8, 4) is 11.8 Å². The molecule has 2 aromatic carbocycles. The highest BCUT2D eigenvalue weighted by Gasteiger charge is 2.29. The molecule has 1 unspecified atom stereocenters. The summed E-state index contributed by atoms with van der Waals surface area (Å²) >= 11 is 0. The number of aliphatic hydroxyl groups is 1. The van der Waals surface area contributed by atoms with Crippen molar-refractivity contribution in [3.63, 3.8) is 0 Å². The average molecular weight is 478 g/mol. The Balaban J connectivity index is 0.000000367. The zero-order chi connectivity index (χ0) is 25.7. The van der Waals surface area contributed by atoms with Crippen molar-refractivity contribution in [3.05, 3.63) is 76.9 Å². The van der Waals surface area contributed by atoms with Gasteiger partial charge in [-0.1, -0.05) is 48.2 Å². The molecule has 4 N–H and O–H groups in total. The second kappa shape index (κ2) is 14.2. The number of ether oxygens (including phenoxy) is 1. The number of hydrogen-bond acceptors (Lipinski definition) is 6. The molecule has 0 spiro atoms. The predicted molar refractivity (Wildman–Crippen MR) is 139 cm³/mol. The minimum absolute atomic E-state index is 0.546. The van der Waals surface area contributed by atoms with Crippen molar-refractivity contribution in [1.82, 2.24) is 10.2 Å². The summed E-state index contributed by atoms with van der Waals surface area (Å²) < 4.78 is 5.37. The summed E-state index contributed by atoms with van der Waals surface area (Å²) in [6, 6.07) is 15.1. The number of hydrogen-bond donors (Lipinski definition) is 3. The maximum Gasteiger partial charge on any atom is 0.237 e. The summed E-state index contributed by atoms with van der Waals surface area (Å²) in [4.78, 5) is 23.6. The van der Waals surface area contributed by atoms with E-state index in [4.69, 9.17) is 10.5 Å². The largest absolute Gasteiger partial charge is 0.388 e. The first-order chi connectivity index (χ1) is 16.7. The molecule has 0 bridgehead atoms. The topological polar surface area (TPSA) is 105 Å². The fourth-order valence-corrected chi connectivity index (χ4v) is 3.50. The van der Waals surface area contributed by atoms with E-state index in [0.29, 0.717) is 5.56 Å². The minimum atomic E-state index is -1.10. The van der Waals surface area contributed by atoms with Gasteiger partial charge in [0.25, 0.3) is 0 Å². The van der Waals surface area contributed by atoms with E-state index in [1.807, 2.05) is 24.3 Å². The fraction of sp³-hybridized carbons (Fsp3) is 0.357. The van der Waals surface area contributed by atoms with Gasteiger partial charge < -0.3 is 20.9 Å². The minimum Gasteiger partial charge on any atom is -0.388 e. The number of nitrogens with one attached hydrogen (secondary N) is 1. The highest BCUT2D eigenvalue weighted by molar-refractivity contribution is 5.81. The normalized spacial score (nSPS) is 14.9. The third kappa shape index (κ3) is 10.3. The number of allylic oxidation sites excluding steroid dienone is 1. The molecule has 2 aromatic rings. The van der Waals surface area contributed by atoms with E-state index < -0.39 is 17.6 Å². The molecule has 1 fully saturated rings. The number of carbonyl (C=O) groups excluding carboxylic acids is 2. The summed E-state index contributed by atoms with van der Waals surface area (Å²) in [5.41, 5.74) is 7.89. The average Bonchev–Trinajstić information content (AvgIpc) is 2.83. The predicted octanol–water partition coefficient (Wildman–Crippen LogP) is 2.23. The van der Waals surface area contributed by atoms with Gasteiger partial charge in [0.15, 0.2) is 0 Å². The molecule has 3 rings (SSSR count). The van der Waals surface area contributed by atoms with Crippen molar-refractivity contribution in [2.24, 2.45) is 5.73 Å². The van der Waals surface area contributed by atoms with Gasteiger partial charge >= 0.3 is 0 Å². The van der Waals surface area contributed by atoms with Crippen LogP contribution in [0.15, 0.2) is 54.6 Å². The Kier molecular flexibility index (Phi) is 11.3.